The molecule has 1 amide bonds. The SMILES string of the molecule is O=C(Cn1cnnn1)NCC1CNCCOC1c1ccc(Cl)c(Cl)c1. The standard InChI is InChI=1S/C15H18Cl2N6O2/c16-12-2-1-10(5-13(12)17)15-11(6-18-3-4-25-15)7-19-14(24)8-23-9-20-21-22-23/h1-2,5,9,11,15,18H,3-4,6-8H2,(H,19,24). The number of benzene rings is 1. The lowest BCUT2D eigenvalue weighted by molar-refractivity contribution is -0.122. The Morgan fingerprint density at radius 1 is 1.40 bits per heavy atom. The van der Waals surface area contributed by atoms with Crippen molar-refractivity contribution < 1.29 is 9.53 Å². The molecule has 10 heteroatoms. The molecule has 0 spiro atoms. The van der Waals surface area contributed by atoms with E-state index in [9.17, 15) is 4.79 Å². The van der Waals surface area contributed by atoms with Gasteiger partial charge in [-0.15, -0.1) is 5.10 Å². The molecule has 1 aromatic heterocycles. The highest BCUT2D eigenvalue weighted by molar-refractivity contribution is 6.42. The van der Waals surface area contributed by atoms with E-state index in [1.54, 1.807) is 6.07 Å². The number of nitrogens with one attached hydrogen (secondary N) is 2. The maximum atomic E-state index is 12.1. The van der Waals surface area contributed by atoms with Gasteiger partial charge in [0.1, 0.15) is 12.9 Å². The molecule has 2 atom stereocenters. The van der Waals surface area contributed by atoms with Gasteiger partial charge in [0.05, 0.1) is 22.8 Å². The van der Waals surface area contributed by atoms with E-state index in [0.29, 0.717) is 23.2 Å². The molecule has 2 N–H and O–H groups in total. The highest BCUT2D eigenvalue weighted by atomic mass is 35.5. The third-order valence-electron chi connectivity index (χ3n) is 3.94. The van der Waals surface area contributed by atoms with Crippen LogP contribution < -0.4 is 10.6 Å². The predicted octanol–water partition coefficient (Wildman–Crippen LogP) is 1.07. The van der Waals surface area contributed by atoms with Gasteiger partial charge in [0.2, 0.25) is 5.91 Å². The van der Waals surface area contributed by atoms with Gasteiger partial charge in [-0.25, -0.2) is 4.68 Å². The van der Waals surface area contributed by atoms with E-state index in [2.05, 4.69) is 26.2 Å². The smallest absolute Gasteiger partial charge is 0.241 e. The molecule has 1 aliphatic rings. The number of carbonyl (C=O) groups is 1. The largest absolute Gasteiger partial charge is 0.372 e. The van der Waals surface area contributed by atoms with Crippen molar-refractivity contribution in [2.75, 3.05) is 26.2 Å². The summed E-state index contributed by atoms with van der Waals surface area (Å²) < 4.78 is 7.35. The lowest BCUT2D eigenvalue weighted by atomic mass is 9.95. The minimum Gasteiger partial charge on any atom is -0.372 e. The Balaban J connectivity index is 1.65. The average Bonchev–Trinajstić information content (AvgIpc) is 2.98. The predicted molar refractivity (Wildman–Crippen MR) is 92.3 cm³/mol. The van der Waals surface area contributed by atoms with Crippen molar-refractivity contribution in [3.05, 3.63) is 40.1 Å². The molecule has 3 rings (SSSR count). The van der Waals surface area contributed by atoms with Gasteiger partial charge >= 0.3 is 0 Å². The molecule has 1 aliphatic heterocycles. The fourth-order valence-electron chi connectivity index (χ4n) is 2.73. The molecule has 25 heavy (non-hydrogen) atoms. The highest BCUT2D eigenvalue weighted by Gasteiger charge is 2.27. The average molecular weight is 385 g/mol. The van der Waals surface area contributed by atoms with Crippen LogP contribution in [0.4, 0.5) is 0 Å². The molecule has 8 nitrogen and oxygen atoms in total. The van der Waals surface area contributed by atoms with E-state index in [-0.39, 0.29) is 24.5 Å². The highest BCUT2D eigenvalue weighted by Crippen LogP contribution is 2.31. The lowest BCUT2D eigenvalue weighted by Gasteiger charge is -2.25. The number of carbonyl (C=O) groups excluding carboxylic acids is 1. The van der Waals surface area contributed by atoms with Crippen molar-refractivity contribution in [2.45, 2.75) is 12.6 Å². The molecule has 2 aromatic rings. The second-order valence-electron chi connectivity index (χ2n) is 5.74. The Bertz CT molecular complexity index is 712. The van der Waals surface area contributed by atoms with Crippen LogP contribution in [0.3, 0.4) is 0 Å². The van der Waals surface area contributed by atoms with Crippen molar-refractivity contribution in [2.24, 2.45) is 5.92 Å². The zero-order valence-electron chi connectivity index (χ0n) is 13.4. The second-order valence-corrected chi connectivity index (χ2v) is 6.56. The van der Waals surface area contributed by atoms with Gasteiger partial charge in [0.25, 0.3) is 0 Å². The van der Waals surface area contributed by atoms with Gasteiger partial charge in [-0.3, -0.25) is 4.79 Å². The zero-order chi connectivity index (χ0) is 17.6. The van der Waals surface area contributed by atoms with Crippen molar-refractivity contribution in [3.8, 4) is 0 Å². The number of amides is 1. The van der Waals surface area contributed by atoms with E-state index < -0.39 is 0 Å². The van der Waals surface area contributed by atoms with E-state index in [0.717, 1.165) is 18.7 Å². The summed E-state index contributed by atoms with van der Waals surface area (Å²) in [6, 6.07) is 5.48. The van der Waals surface area contributed by atoms with Crippen LogP contribution in [0.5, 0.6) is 0 Å². The molecular weight excluding hydrogens is 367 g/mol. The summed E-state index contributed by atoms with van der Waals surface area (Å²) in [5.41, 5.74) is 0.942. The summed E-state index contributed by atoms with van der Waals surface area (Å²) in [7, 11) is 0. The topological polar surface area (TPSA) is 94.0 Å². The molecular formula is C15H18Cl2N6O2. The first-order chi connectivity index (χ1) is 12.1. The van der Waals surface area contributed by atoms with E-state index in [4.69, 9.17) is 27.9 Å². The summed E-state index contributed by atoms with van der Waals surface area (Å²) in [5.74, 6) is -0.109. The first-order valence-electron chi connectivity index (χ1n) is 7.88. The molecule has 1 saturated heterocycles. The number of ether oxygens (including phenoxy) is 1. The van der Waals surface area contributed by atoms with Crippen LogP contribution in [0, 0.1) is 5.92 Å². The van der Waals surface area contributed by atoms with Gasteiger partial charge < -0.3 is 15.4 Å². The van der Waals surface area contributed by atoms with Gasteiger partial charge in [-0.05, 0) is 28.1 Å². The Morgan fingerprint density at radius 2 is 2.28 bits per heavy atom. The van der Waals surface area contributed by atoms with E-state index in [1.165, 1.54) is 11.0 Å². The summed E-state index contributed by atoms with van der Waals surface area (Å²) >= 11 is 12.1. The molecule has 0 bridgehead atoms. The fourth-order valence-corrected chi connectivity index (χ4v) is 3.03. The minimum absolute atomic E-state index is 0.0533. The monoisotopic (exact) mass is 384 g/mol. The second kappa shape index (κ2) is 8.57. The number of hydrogen-bond donors (Lipinski definition) is 2. The van der Waals surface area contributed by atoms with Gasteiger partial charge in [-0.2, -0.15) is 0 Å². The summed E-state index contributed by atoms with van der Waals surface area (Å²) in [6.45, 7) is 2.59. The van der Waals surface area contributed by atoms with Crippen molar-refractivity contribution >= 4 is 29.1 Å². The normalized spacial score (nSPS) is 20.9. The molecule has 0 radical (unpaired) electrons. The van der Waals surface area contributed by atoms with Crippen LogP contribution >= 0.6 is 23.2 Å². The van der Waals surface area contributed by atoms with Gasteiger partial charge in [0.15, 0.2) is 0 Å². The minimum atomic E-state index is -0.182. The van der Waals surface area contributed by atoms with Crippen molar-refractivity contribution in [1.29, 1.82) is 0 Å². The number of nitrogens with zero attached hydrogens (tertiary/aromatic N) is 4. The number of aromatic nitrogens is 4. The maximum Gasteiger partial charge on any atom is 0.241 e. The van der Waals surface area contributed by atoms with Crippen LogP contribution in [0.25, 0.3) is 0 Å². The molecule has 134 valence electrons. The van der Waals surface area contributed by atoms with Crippen molar-refractivity contribution in [3.63, 3.8) is 0 Å². The third-order valence-corrected chi connectivity index (χ3v) is 4.68. The molecule has 0 saturated carbocycles. The first-order valence-corrected chi connectivity index (χ1v) is 8.64. The zero-order valence-corrected chi connectivity index (χ0v) is 14.9. The van der Waals surface area contributed by atoms with Gasteiger partial charge in [0, 0.05) is 25.6 Å². The third kappa shape index (κ3) is 4.88. The quantitative estimate of drug-likeness (QED) is 0.800. The van der Waals surface area contributed by atoms with Crippen molar-refractivity contribution in [1.82, 2.24) is 30.8 Å². The number of hydrogen-bond acceptors (Lipinski definition) is 6. The van der Waals surface area contributed by atoms with Crippen LogP contribution in [0.1, 0.15) is 11.7 Å². The summed E-state index contributed by atoms with van der Waals surface area (Å²) in [4.78, 5) is 12.1. The molecule has 1 fully saturated rings. The molecule has 2 heterocycles. The Hall–Kier alpha value is -1.74. The maximum absolute atomic E-state index is 12.1. The van der Waals surface area contributed by atoms with Gasteiger partial charge in [-0.1, -0.05) is 29.3 Å². The molecule has 1 aromatic carbocycles. The summed E-state index contributed by atoms with van der Waals surface area (Å²) in [5, 5.41) is 17.9. The molecule has 0 aliphatic carbocycles. The number of rotatable bonds is 5. The van der Waals surface area contributed by atoms with E-state index in [1.807, 2.05) is 12.1 Å². The Kier molecular flexibility index (Phi) is 6.19. The summed E-state index contributed by atoms with van der Waals surface area (Å²) in [6.07, 6.45) is 1.21. The number of halogens is 2. The van der Waals surface area contributed by atoms with E-state index >= 15 is 0 Å². The fraction of sp³-hybridized carbons (Fsp3) is 0.467. The van der Waals surface area contributed by atoms with Crippen LogP contribution in [-0.4, -0.2) is 52.4 Å². The van der Waals surface area contributed by atoms with Crippen LogP contribution in [0.2, 0.25) is 10.0 Å². The van der Waals surface area contributed by atoms with Crippen LogP contribution in [0.15, 0.2) is 24.5 Å². The molecule has 2 unspecified atom stereocenters. The Morgan fingerprint density at radius 3 is 3.04 bits per heavy atom. The first kappa shape index (κ1) is 18.1. The van der Waals surface area contributed by atoms with Crippen LogP contribution in [-0.2, 0) is 16.1 Å². The lowest BCUT2D eigenvalue weighted by Crippen LogP contribution is -2.38. The number of tetrazole rings is 1. The Labute approximate surface area is 154 Å².